The highest BCUT2D eigenvalue weighted by Crippen LogP contribution is 2.53. The number of carbonyl (C=O) groups excluding carboxylic acids is 3. The molecule has 2 saturated heterocycles. The number of para-hydroxylation sites is 1. The summed E-state index contributed by atoms with van der Waals surface area (Å²) >= 11 is 0. The van der Waals surface area contributed by atoms with Gasteiger partial charge in [-0.2, -0.15) is 0 Å². The van der Waals surface area contributed by atoms with Gasteiger partial charge in [-0.25, -0.2) is 4.90 Å². The van der Waals surface area contributed by atoms with Crippen LogP contribution in [0.2, 0.25) is 0 Å². The Bertz CT molecular complexity index is 1000. The number of hydrogen-bond acceptors (Lipinski definition) is 4. The Morgan fingerprint density at radius 1 is 0.963 bits per heavy atom. The highest BCUT2D eigenvalue weighted by Gasteiger charge is 2.69. The van der Waals surface area contributed by atoms with Crippen LogP contribution in [-0.2, 0) is 19.9 Å². The fraction of sp³-hybridized carbons (Fsp3) is 0.286. The molecule has 6 heteroatoms. The van der Waals surface area contributed by atoms with Crippen molar-refractivity contribution in [2.75, 3.05) is 10.2 Å². The lowest BCUT2D eigenvalue weighted by Crippen LogP contribution is -2.53. The van der Waals surface area contributed by atoms with E-state index in [-0.39, 0.29) is 23.8 Å². The number of nitrogens with one attached hydrogen (secondary N) is 2. The van der Waals surface area contributed by atoms with Gasteiger partial charge in [0, 0.05) is 17.3 Å². The van der Waals surface area contributed by atoms with E-state index < -0.39 is 17.4 Å². The highest BCUT2D eigenvalue weighted by molar-refractivity contribution is 6.25. The molecule has 1 spiro atoms. The van der Waals surface area contributed by atoms with Crippen LogP contribution in [0.5, 0.6) is 0 Å². The van der Waals surface area contributed by atoms with Crippen LogP contribution in [0.4, 0.5) is 11.4 Å². The molecule has 136 valence electrons. The second-order valence-electron chi connectivity index (χ2n) is 7.59. The van der Waals surface area contributed by atoms with Crippen molar-refractivity contribution in [1.29, 1.82) is 0 Å². The van der Waals surface area contributed by atoms with Crippen molar-refractivity contribution in [2.45, 2.75) is 25.4 Å². The van der Waals surface area contributed by atoms with Crippen molar-refractivity contribution < 1.29 is 14.4 Å². The van der Waals surface area contributed by atoms with Crippen molar-refractivity contribution in [3.63, 3.8) is 0 Å². The van der Waals surface area contributed by atoms with Crippen molar-refractivity contribution >= 4 is 29.1 Å². The summed E-state index contributed by atoms with van der Waals surface area (Å²) in [4.78, 5) is 40.9. The molecule has 3 amide bonds. The third kappa shape index (κ3) is 1.91. The second-order valence-corrected chi connectivity index (χ2v) is 7.59. The molecule has 0 unspecified atom stereocenters. The first kappa shape index (κ1) is 16.2. The number of anilines is 2. The molecule has 0 aromatic heterocycles. The minimum Gasteiger partial charge on any atom is -0.324 e. The lowest BCUT2D eigenvalue weighted by molar-refractivity contribution is -0.130. The lowest BCUT2D eigenvalue weighted by atomic mass is 9.76. The van der Waals surface area contributed by atoms with Gasteiger partial charge in [0.25, 0.3) is 0 Å². The topological polar surface area (TPSA) is 78.5 Å². The van der Waals surface area contributed by atoms with Gasteiger partial charge in [-0.15, -0.1) is 0 Å². The number of rotatable bonds is 1. The van der Waals surface area contributed by atoms with Crippen LogP contribution in [0, 0.1) is 18.8 Å². The molecule has 2 fully saturated rings. The molecule has 0 saturated carbocycles. The average molecular weight is 361 g/mol. The van der Waals surface area contributed by atoms with Crippen molar-refractivity contribution in [2.24, 2.45) is 11.8 Å². The number of imide groups is 1. The summed E-state index contributed by atoms with van der Waals surface area (Å²) in [6.07, 6.45) is 0. The van der Waals surface area contributed by atoms with E-state index in [1.165, 1.54) is 4.90 Å². The zero-order chi connectivity index (χ0) is 18.9. The summed E-state index contributed by atoms with van der Waals surface area (Å²) in [5.74, 6) is -2.17. The molecular weight excluding hydrogens is 342 g/mol. The molecule has 0 aliphatic carbocycles. The van der Waals surface area contributed by atoms with E-state index in [1.807, 2.05) is 50.2 Å². The minimum atomic E-state index is -1.20. The average Bonchev–Trinajstić information content (AvgIpc) is 3.21. The van der Waals surface area contributed by atoms with Gasteiger partial charge in [0.15, 0.2) is 0 Å². The molecule has 0 bridgehead atoms. The lowest BCUT2D eigenvalue weighted by Gasteiger charge is -2.29. The molecule has 3 heterocycles. The molecule has 2 aromatic carbocycles. The molecule has 27 heavy (non-hydrogen) atoms. The first-order valence-corrected chi connectivity index (χ1v) is 9.08. The van der Waals surface area contributed by atoms with E-state index in [9.17, 15) is 14.4 Å². The Labute approximate surface area is 156 Å². The summed E-state index contributed by atoms with van der Waals surface area (Å²) in [6, 6.07) is 14.4. The van der Waals surface area contributed by atoms with Crippen LogP contribution in [-0.4, -0.2) is 23.8 Å². The quantitative estimate of drug-likeness (QED) is 0.761. The van der Waals surface area contributed by atoms with E-state index in [0.717, 1.165) is 11.1 Å². The van der Waals surface area contributed by atoms with E-state index in [4.69, 9.17) is 0 Å². The Kier molecular flexibility index (Phi) is 3.16. The molecule has 2 aromatic rings. The summed E-state index contributed by atoms with van der Waals surface area (Å²) < 4.78 is 0. The predicted octanol–water partition coefficient (Wildman–Crippen LogP) is 1.94. The van der Waals surface area contributed by atoms with Gasteiger partial charge in [0.1, 0.15) is 5.54 Å². The molecule has 3 aliphatic rings. The number of amides is 3. The number of fused-ring (bicyclic) bond motifs is 4. The molecule has 0 radical (unpaired) electrons. The maximum Gasteiger partial charge on any atom is 0.250 e. The van der Waals surface area contributed by atoms with Gasteiger partial charge >= 0.3 is 0 Å². The van der Waals surface area contributed by atoms with Gasteiger partial charge in [-0.1, -0.05) is 35.9 Å². The third-order valence-electron chi connectivity index (χ3n) is 6.06. The summed E-state index contributed by atoms with van der Waals surface area (Å²) in [6.45, 7) is 3.82. The Balaban J connectivity index is 1.66. The van der Waals surface area contributed by atoms with Crippen LogP contribution in [0.15, 0.2) is 48.5 Å². The predicted molar refractivity (Wildman–Crippen MR) is 100.0 cm³/mol. The van der Waals surface area contributed by atoms with E-state index in [0.29, 0.717) is 11.4 Å². The number of carbonyl (C=O) groups is 3. The molecule has 2 N–H and O–H groups in total. The van der Waals surface area contributed by atoms with Crippen LogP contribution in [0.3, 0.4) is 0 Å². The maximum absolute atomic E-state index is 13.4. The zero-order valence-electron chi connectivity index (χ0n) is 15.0. The summed E-state index contributed by atoms with van der Waals surface area (Å²) in [7, 11) is 0. The largest absolute Gasteiger partial charge is 0.324 e. The zero-order valence-corrected chi connectivity index (χ0v) is 15.0. The van der Waals surface area contributed by atoms with Crippen molar-refractivity contribution in [3.05, 3.63) is 59.7 Å². The molecule has 5 rings (SSSR count). The Morgan fingerprint density at radius 2 is 1.67 bits per heavy atom. The van der Waals surface area contributed by atoms with E-state index >= 15 is 0 Å². The Morgan fingerprint density at radius 3 is 2.41 bits per heavy atom. The number of aryl methyl sites for hydroxylation is 1. The van der Waals surface area contributed by atoms with Crippen molar-refractivity contribution in [3.8, 4) is 0 Å². The summed E-state index contributed by atoms with van der Waals surface area (Å²) in [5.41, 5.74) is 1.83. The van der Waals surface area contributed by atoms with Gasteiger partial charge < -0.3 is 5.32 Å². The minimum absolute atomic E-state index is 0.247. The number of benzene rings is 2. The van der Waals surface area contributed by atoms with Gasteiger partial charge in [-0.05, 0) is 32.0 Å². The van der Waals surface area contributed by atoms with E-state index in [1.54, 1.807) is 12.1 Å². The SMILES string of the molecule is Cc1ccc(N2C(=O)[C@@H]3[C@H](C)N[C@@]4(C(=O)Nc5ccccc54)[C@H]3C2=O)cc1. The van der Waals surface area contributed by atoms with Crippen LogP contribution in [0.1, 0.15) is 18.1 Å². The highest BCUT2D eigenvalue weighted by atomic mass is 16.2. The maximum atomic E-state index is 13.4. The smallest absolute Gasteiger partial charge is 0.250 e. The fourth-order valence-electron chi connectivity index (χ4n) is 4.87. The number of nitrogens with zero attached hydrogens (tertiary/aromatic N) is 1. The van der Waals surface area contributed by atoms with Crippen molar-refractivity contribution in [1.82, 2.24) is 5.32 Å². The second kappa shape index (κ2) is 5.27. The van der Waals surface area contributed by atoms with Gasteiger partial charge in [0.05, 0.1) is 17.5 Å². The fourth-order valence-corrected chi connectivity index (χ4v) is 4.87. The van der Waals surface area contributed by atoms with E-state index in [2.05, 4.69) is 10.6 Å². The Hall–Kier alpha value is -2.99. The molecule has 6 nitrogen and oxygen atoms in total. The number of hydrogen-bond donors (Lipinski definition) is 2. The van der Waals surface area contributed by atoms with Gasteiger partial charge in [0.2, 0.25) is 17.7 Å². The molecular formula is C21H19N3O3. The first-order valence-electron chi connectivity index (χ1n) is 9.08. The van der Waals surface area contributed by atoms with Crippen LogP contribution in [0.25, 0.3) is 0 Å². The van der Waals surface area contributed by atoms with Crippen LogP contribution < -0.4 is 15.5 Å². The molecule has 3 aliphatic heterocycles. The third-order valence-corrected chi connectivity index (χ3v) is 6.06. The summed E-state index contributed by atoms with van der Waals surface area (Å²) in [5, 5.41) is 6.18. The monoisotopic (exact) mass is 361 g/mol. The van der Waals surface area contributed by atoms with Crippen LogP contribution >= 0.6 is 0 Å². The normalized spacial score (nSPS) is 31.4. The molecule has 4 atom stereocenters. The van der Waals surface area contributed by atoms with Gasteiger partial charge in [-0.3, -0.25) is 19.7 Å². The standard InChI is InChI=1S/C21H19N3O3/c1-11-7-9-13(10-8-11)24-18(25)16-12(2)23-21(17(16)19(24)26)14-5-3-4-6-15(14)22-20(21)27/h3-10,12,16-17,23H,1-2H3,(H,22,27)/t12-,16+,17+,21+/m0/s1. The first-order chi connectivity index (χ1) is 12.9.